The van der Waals surface area contributed by atoms with E-state index < -0.39 is 34.3 Å². The molecular formula is C37H39BrFN3O5S. The molecule has 2 amide bonds. The summed E-state index contributed by atoms with van der Waals surface area (Å²) in [5.41, 5.74) is 1.25. The van der Waals surface area contributed by atoms with Gasteiger partial charge in [-0.1, -0.05) is 77.3 Å². The van der Waals surface area contributed by atoms with Gasteiger partial charge in [0, 0.05) is 29.0 Å². The van der Waals surface area contributed by atoms with Crippen LogP contribution >= 0.6 is 15.9 Å². The minimum atomic E-state index is -4.28. The van der Waals surface area contributed by atoms with Gasteiger partial charge in [0.2, 0.25) is 11.8 Å². The predicted molar refractivity (Wildman–Crippen MR) is 188 cm³/mol. The molecule has 11 heteroatoms. The fourth-order valence-corrected chi connectivity index (χ4v) is 7.55. The molecule has 0 spiro atoms. The van der Waals surface area contributed by atoms with Crippen molar-refractivity contribution in [2.24, 2.45) is 0 Å². The fraction of sp³-hybridized carbons (Fsp3) is 0.297. The molecule has 4 aromatic carbocycles. The van der Waals surface area contributed by atoms with Crippen LogP contribution in [0.1, 0.15) is 43.7 Å². The van der Waals surface area contributed by atoms with Gasteiger partial charge in [-0.05, 0) is 79.9 Å². The lowest BCUT2D eigenvalue weighted by Gasteiger charge is -2.34. The molecule has 4 aromatic rings. The summed E-state index contributed by atoms with van der Waals surface area (Å²) in [7, 11) is -4.28. The molecule has 252 valence electrons. The Morgan fingerprint density at radius 3 is 2.21 bits per heavy atom. The minimum Gasteiger partial charge on any atom is -0.494 e. The van der Waals surface area contributed by atoms with Crippen molar-refractivity contribution in [2.75, 3.05) is 17.5 Å². The van der Waals surface area contributed by atoms with Gasteiger partial charge in [0.15, 0.2) is 0 Å². The third-order valence-corrected chi connectivity index (χ3v) is 10.7. The van der Waals surface area contributed by atoms with Crippen LogP contribution in [0.15, 0.2) is 112 Å². The lowest BCUT2D eigenvalue weighted by Crippen LogP contribution is -2.54. The number of carbonyl (C=O) groups excluding carboxylic acids is 2. The number of hydrogen-bond donors (Lipinski definition) is 1. The second-order valence-corrected chi connectivity index (χ2v) is 14.5. The van der Waals surface area contributed by atoms with Gasteiger partial charge in [0.25, 0.3) is 10.0 Å². The van der Waals surface area contributed by atoms with E-state index in [0.717, 1.165) is 35.6 Å². The van der Waals surface area contributed by atoms with Crippen molar-refractivity contribution >= 4 is 43.5 Å². The minimum absolute atomic E-state index is 0.0205. The summed E-state index contributed by atoms with van der Waals surface area (Å²) in [6.07, 6.45) is 3.82. The molecule has 1 aliphatic carbocycles. The van der Waals surface area contributed by atoms with Crippen molar-refractivity contribution < 1.29 is 27.1 Å². The maximum Gasteiger partial charge on any atom is 0.264 e. The predicted octanol–water partition coefficient (Wildman–Crippen LogP) is 6.88. The first-order valence-electron chi connectivity index (χ1n) is 16.0. The molecule has 1 fully saturated rings. The molecule has 0 aromatic heterocycles. The monoisotopic (exact) mass is 735 g/mol. The van der Waals surface area contributed by atoms with E-state index in [0.29, 0.717) is 16.8 Å². The number of anilines is 1. The molecule has 5 rings (SSSR count). The summed E-state index contributed by atoms with van der Waals surface area (Å²) in [6.45, 7) is 1.39. The number of halogens is 2. The van der Waals surface area contributed by atoms with Crippen LogP contribution in [0.5, 0.6) is 5.75 Å². The van der Waals surface area contributed by atoms with E-state index in [1.165, 1.54) is 23.1 Å². The standard InChI is InChI=1S/C37H39BrFN3O5S/c1-2-47-32-20-18-31(19-21-32)42(48(45,46)33-22-16-29(38)17-23-33)26-36(43)41(25-28-12-6-9-15-34(28)39)35(24-27-10-4-3-5-11-27)37(44)40-30-13-7-8-14-30/h3-6,9-12,15-23,30,35H,2,7-8,13-14,24-26H2,1H3,(H,40,44)/t35-/m1/s1. The largest absolute Gasteiger partial charge is 0.494 e. The van der Waals surface area contributed by atoms with Crippen LogP contribution in [0.4, 0.5) is 10.1 Å². The van der Waals surface area contributed by atoms with Crippen molar-refractivity contribution in [3.63, 3.8) is 0 Å². The van der Waals surface area contributed by atoms with Crippen molar-refractivity contribution in [1.82, 2.24) is 10.2 Å². The van der Waals surface area contributed by atoms with E-state index in [4.69, 9.17) is 4.74 Å². The van der Waals surface area contributed by atoms with Crippen LogP contribution in [-0.4, -0.2) is 50.4 Å². The van der Waals surface area contributed by atoms with Crippen LogP contribution in [0.3, 0.4) is 0 Å². The van der Waals surface area contributed by atoms with Gasteiger partial charge < -0.3 is 15.0 Å². The number of nitrogens with zero attached hydrogens (tertiary/aromatic N) is 2. The van der Waals surface area contributed by atoms with Crippen molar-refractivity contribution in [3.8, 4) is 5.75 Å². The fourth-order valence-electron chi connectivity index (χ4n) is 5.87. The molecule has 0 unspecified atom stereocenters. The average Bonchev–Trinajstić information content (AvgIpc) is 3.60. The van der Waals surface area contributed by atoms with E-state index in [-0.39, 0.29) is 41.1 Å². The van der Waals surface area contributed by atoms with Gasteiger partial charge in [-0.3, -0.25) is 13.9 Å². The molecule has 1 atom stereocenters. The van der Waals surface area contributed by atoms with Gasteiger partial charge in [0.1, 0.15) is 24.2 Å². The Morgan fingerprint density at radius 2 is 1.56 bits per heavy atom. The highest BCUT2D eigenvalue weighted by atomic mass is 79.9. The molecule has 0 aliphatic heterocycles. The molecule has 0 saturated heterocycles. The second kappa shape index (κ2) is 16.3. The number of carbonyl (C=O) groups is 2. The summed E-state index contributed by atoms with van der Waals surface area (Å²) in [4.78, 5) is 30.0. The Bertz CT molecular complexity index is 1780. The smallest absolute Gasteiger partial charge is 0.264 e. The zero-order valence-corrected chi connectivity index (χ0v) is 29.1. The van der Waals surface area contributed by atoms with Crippen LogP contribution in [0.2, 0.25) is 0 Å². The van der Waals surface area contributed by atoms with E-state index >= 15 is 4.39 Å². The van der Waals surface area contributed by atoms with Crippen LogP contribution in [-0.2, 0) is 32.6 Å². The second-order valence-electron chi connectivity index (χ2n) is 11.7. The van der Waals surface area contributed by atoms with Gasteiger partial charge in [-0.25, -0.2) is 12.8 Å². The van der Waals surface area contributed by atoms with Crippen molar-refractivity contribution in [2.45, 2.75) is 62.6 Å². The molecule has 8 nitrogen and oxygen atoms in total. The third kappa shape index (κ3) is 8.82. The number of amides is 2. The van der Waals surface area contributed by atoms with Crippen LogP contribution in [0.25, 0.3) is 0 Å². The van der Waals surface area contributed by atoms with E-state index in [1.54, 1.807) is 54.6 Å². The highest BCUT2D eigenvalue weighted by molar-refractivity contribution is 9.10. The summed E-state index contributed by atoms with van der Waals surface area (Å²) in [5.74, 6) is -1.01. The van der Waals surface area contributed by atoms with E-state index in [2.05, 4.69) is 21.2 Å². The molecule has 48 heavy (non-hydrogen) atoms. The summed E-state index contributed by atoms with van der Waals surface area (Å²) >= 11 is 3.35. The number of sulfonamides is 1. The quantitative estimate of drug-likeness (QED) is 0.152. The maximum atomic E-state index is 15.1. The first-order chi connectivity index (χ1) is 23.2. The Balaban J connectivity index is 1.57. The molecule has 0 heterocycles. The Kier molecular flexibility index (Phi) is 11.9. The maximum absolute atomic E-state index is 15.1. The SMILES string of the molecule is CCOc1ccc(N(CC(=O)N(Cc2ccccc2F)[C@H](Cc2ccccc2)C(=O)NC2CCCC2)S(=O)(=O)c2ccc(Br)cc2)cc1. The summed E-state index contributed by atoms with van der Waals surface area (Å²) < 4.78 is 50.9. The Labute approximate surface area is 290 Å². The molecule has 1 aliphatic rings. The average molecular weight is 737 g/mol. The van der Waals surface area contributed by atoms with Crippen molar-refractivity contribution in [3.05, 3.63) is 125 Å². The zero-order valence-electron chi connectivity index (χ0n) is 26.7. The highest BCUT2D eigenvalue weighted by Gasteiger charge is 2.36. The van der Waals surface area contributed by atoms with Crippen LogP contribution in [0, 0.1) is 5.82 Å². The Morgan fingerprint density at radius 1 is 0.917 bits per heavy atom. The topological polar surface area (TPSA) is 96.0 Å². The van der Waals surface area contributed by atoms with Gasteiger partial charge in [0.05, 0.1) is 17.2 Å². The first kappa shape index (κ1) is 35.1. The van der Waals surface area contributed by atoms with Crippen LogP contribution < -0.4 is 14.4 Å². The third-order valence-electron chi connectivity index (χ3n) is 8.39. The zero-order chi connectivity index (χ0) is 34.1. The van der Waals surface area contributed by atoms with E-state index in [1.807, 2.05) is 37.3 Å². The number of nitrogens with one attached hydrogen (secondary N) is 1. The molecule has 0 radical (unpaired) electrons. The number of hydrogen-bond acceptors (Lipinski definition) is 5. The first-order valence-corrected chi connectivity index (χ1v) is 18.3. The molecule has 1 N–H and O–H groups in total. The number of benzene rings is 4. The lowest BCUT2D eigenvalue weighted by atomic mass is 10.0. The van der Waals surface area contributed by atoms with Gasteiger partial charge in [-0.15, -0.1) is 0 Å². The molecular weight excluding hydrogens is 697 g/mol. The Hall–Kier alpha value is -4.22. The number of ether oxygens (including phenoxy) is 1. The normalized spacial score (nSPS) is 13.9. The highest BCUT2D eigenvalue weighted by Crippen LogP contribution is 2.28. The number of rotatable bonds is 14. The molecule has 0 bridgehead atoms. The molecule has 1 saturated carbocycles. The summed E-state index contributed by atoms with van der Waals surface area (Å²) in [5, 5.41) is 3.12. The van der Waals surface area contributed by atoms with Gasteiger partial charge in [-0.2, -0.15) is 0 Å². The van der Waals surface area contributed by atoms with Crippen molar-refractivity contribution in [1.29, 1.82) is 0 Å². The summed E-state index contributed by atoms with van der Waals surface area (Å²) in [6, 6.07) is 26.8. The van der Waals surface area contributed by atoms with E-state index in [9.17, 15) is 18.0 Å². The lowest BCUT2D eigenvalue weighted by molar-refractivity contribution is -0.140. The van der Waals surface area contributed by atoms with Gasteiger partial charge >= 0.3 is 0 Å².